The third-order valence-electron chi connectivity index (χ3n) is 6.07. The summed E-state index contributed by atoms with van der Waals surface area (Å²) in [7, 11) is 0. The quantitative estimate of drug-likeness (QED) is 0.183. The molecule has 2 aromatic heterocycles. The van der Waals surface area contributed by atoms with E-state index in [9.17, 15) is 0 Å². The maximum Gasteiger partial charge on any atom is 0.0722 e. The Morgan fingerprint density at radius 3 is 2.32 bits per heavy atom. The Morgan fingerprint density at radius 2 is 1.50 bits per heavy atom. The van der Waals surface area contributed by atoms with Crippen LogP contribution in [-0.2, 0) is 0 Å². The van der Waals surface area contributed by atoms with Gasteiger partial charge in [-0.3, -0.25) is 4.99 Å². The molecule has 0 saturated carbocycles. The maximum atomic E-state index is 4.88. The molecule has 6 aromatic rings. The van der Waals surface area contributed by atoms with E-state index in [1.54, 1.807) is 11.3 Å². The highest BCUT2D eigenvalue weighted by molar-refractivity contribution is 7.18. The van der Waals surface area contributed by atoms with Gasteiger partial charge in [-0.15, -0.1) is 11.3 Å². The molecule has 0 unspecified atom stereocenters. The second kappa shape index (κ2) is 8.62. The number of hydrogen-bond donors (Lipinski definition) is 0. The number of aliphatic imine (C=N–C) groups is 1. The number of hydrogen-bond acceptors (Lipinski definition) is 2. The fraction of sp³-hybridized carbons (Fsp3) is 0. The van der Waals surface area contributed by atoms with E-state index in [1.165, 1.54) is 20.9 Å². The molecule has 0 spiro atoms. The second-order valence-electron chi connectivity index (χ2n) is 8.21. The molecule has 0 amide bonds. The third kappa shape index (κ3) is 3.57. The van der Waals surface area contributed by atoms with E-state index >= 15 is 0 Å². The molecule has 0 atom stereocenters. The van der Waals surface area contributed by atoms with Crippen LogP contribution in [0.15, 0.2) is 126 Å². The van der Waals surface area contributed by atoms with Crippen molar-refractivity contribution in [3.63, 3.8) is 0 Å². The second-order valence-corrected chi connectivity index (χ2v) is 9.12. The number of aromatic nitrogens is 1. The Labute approximate surface area is 202 Å². The SMILES string of the molecule is C=C(/C=C(\N=Cc1ccccc1)c1ccccc1)n1c2ccccc2c2c3sccc3ccc21. The lowest BCUT2D eigenvalue weighted by atomic mass is 10.1. The molecule has 0 N–H and O–H groups in total. The maximum absolute atomic E-state index is 4.88. The van der Waals surface area contributed by atoms with Gasteiger partial charge in [-0.05, 0) is 40.6 Å². The van der Waals surface area contributed by atoms with Crippen LogP contribution in [0.4, 0.5) is 0 Å². The first-order chi connectivity index (χ1) is 16.8. The molecule has 0 aliphatic rings. The van der Waals surface area contributed by atoms with Gasteiger partial charge in [0.2, 0.25) is 0 Å². The molecule has 162 valence electrons. The average molecular weight is 455 g/mol. The topological polar surface area (TPSA) is 17.3 Å². The summed E-state index contributed by atoms with van der Waals surface area (Å²) in [6.07, 6.45) is 3.99. The fourth-order valence-electron chi connectivity index (χ4n) is 4.50. The minimum Gasteiger partial charge on any atom is -0.310 e. The van der Waals surface area contributed by atoms with Gasteiger partial charge < -0.3 is 4.57 Å². The van der Waals surface area contributed by atoms with E-state index in [1.807, 2.05) is 42.6 Å². The van der Waals surface area contributed by atoms with Crippen molar-refractivity contribution in [2.75, 3.05) is 0 Å². The van der Waals surface area contributed by atoms with Crippen molar-refractivity contribution < 1.29 is 0 Å². The van der Waals surface area contributed by atoms with Crippen LogP contribution in [0.25, 0.3) is 43.3 Å². The molecule has 0 saturated heterocycles. The standard InChI is InChI=1S/C31H22N2S/c1-22(20-27(24-12-6-3-7-13-24)32-21-23-10-4-2-5-11-23)33-28-15-9-8-14-26(28)30-29(33)17-16-25-18-19-34-31(25)30/h2-21H,1H2/b27-20-,32-21?. The lowest BCUT2D eigenvalue weighted by Crippen LogP contribution is -1.94. The number of rotatable bonds is 5. The van der Waals surface area contributed by atoms with E-state index in [4.69, 9.17) is 4.99 Å². The molecule has 2 heterocycles. The smallest absolute Gasteiger partial charge is 0.0722 e. The highest BCUT2D eigenvalue weighted by Crippen LogP contribution is 2.39. The van der Waals surface area contributed by atoms with E-state index in [-0.39, 0.29) is 0 Å². The molecule has 34 heavy (non-hydrogen) atoms. The van der Waals surface area contributed by atoms with E-state index in [2.05, 4.69) is 89.3 Å². The van der Waals surface area contributed by atoms with Crippen molar-refractivity contribution in [2.24, 2.45) is 4.99 Å². The van der Waals surface area contributed by atoms with Crippen LogP contribution in [0, 0.1) is 0 Å². The highest BCUT2D eigenvalue weighted by atomic mass is 32.1. The molecule has 0 fully saturated rings. The van der Waals surface area contributed by atoms with Crippen molar-refractivity contribution in [2.45, 2.75) is 0 Å². The molecular weight excluding hydrogens is 432 g/mol. The Kier molecular flexibility index (Phi) is 5.17. The van der Waals surface area contributed by atoms with Crippen molar-refractivity contribution in [3.8, 4) is 0 Å². The molecule has 2 nitrogen and oxygen atoms in total. The minimum atomic E-state index is 0.873. The minimum absolute atomic E-state index is 0.873. The predicted molar refractivity (Wildman–Crippen MR) is 149 cm³/mol. The molecule has 0 radical (unpaired) electrons. The Bertz CT molecular complexity index is 1700. The number of allylic oxidation sites excluding steroid dienone is 2. The summed E-state index contributed by atoms with van der Waals surface area (Å²) in [4.78, 5) is 4.88. The van der Waals surface area contributed by atoms with Gasteiger partial charge in [-0.1, -0.05) is 91.5 Å². The zero-order valence-corrected chi connectivity index (χ0v) is 19.4. The first-order valence-electron chi connectivity index (χ1n) is 11.2. The van der Waals surface area contributed by atoms with Gasteiger partial charge in [0, 0.05) is 32.9 Å². The molecule has 4 aromatic carbocycles. The summed E-state index contributed by atoms with van der Waals surface area (Å²) in [5.41, 5.74) is 6.18. The summed E-state index contributed by atoms with van der Waals surface area (Å²) >= 11 is 1.79. The van der Waals surface area contributed by atoms with Crippen LogP contribution in [0.2, 0.25) is 0 Å². The molecule has 0 aliphatic heterocycles. The van der Waals surface area contributed by atoms with Gasteiger partial charge in [-0.2, -0.15) is 0 Å². The fourth-order valence-corrected chi connectivity index (χ4v) is 5.45. The van der Waals surface area contributed by atoms with Crippen LogP contribution in [0.5, 0.6) is 0 Å². The number of fused-ring (bicyclic) bond motifs is 5. The number of thiophene rings is 1. The lowest BCUT2D eigenvalue weighted by Gasteiger charge is -2.10. The van der Waals surface area contributed by atoms with Gasteiger partial charge in [-0.25, -0.2) is 0 Å². The largest absolute Gasteiger partial charge is 0.310 e. The Morgan fingerprint density at radius 1 is 0.765 bits per heavy atom. The highest BCUT2D eigenvalue weighted by Gasteiger charge is 2.15. The van der Waals surface area contributed by atoms with E-state index in [0.29, 0.717) is 0 Å². The third-order valence-corrected chi connectivity index (χ3v) is 7.01. The molecule has 0 bridgehead atoms. The van der Waals surface area contributed by atoms with Crippen LogP contribution in [0.3, 0.4) is 0 Å². The van der Waals surface area contributed by atoms with Crippen LogP contribution >= 0.6 is 11.3 Å². The normalized spacial score (nSPS) is 12.3. The van der Waals surface area contributed by atoms with Gasteiger partial charge in [0.1, 0.15) is 0 Å². The molecular formula is C31H22N2S. The number of nitrogens with zero attached hydrogens (tertiary/aromatic N) is 2. The van der Waals surface area contributed by atoms with Gasteiger partial charge >= 0.3 is 0 Å². The van der Waals surface area contributed by atoms with Crippen LogP contribution in [-0.4, -0.2) is 10.8 Å². The average Bonchev–Trinajstić information content (AvgIpc) is 3.50. The summed E-state index contributed by atoms with van der Waals surface area (Å²) < 4.78 is 3.57. The molecule has 0 aliphatic carbocycles. The van der Waals surface area contributed by atoms with Crippen molar-refractivity contribution in [1.29, 1.82) is 0 Å². The zero-order chi connectivity index (χ0) is 22.9. The molecule has 3 heteroatoms. The number of para-hydroxylation sites is 1. The Hall–Kier alpha value is -4.21. The van der Waals surface area contributed by atoms with Crippen molar-refractivity contribution in [1.82, 2.24) is 4.57 Å². The predicted octanol–water partition coefficient (Wildman–Crippen LogP) is 8.64. The van der Waals surface area contributed by atoms with Crippen molar-refractivity contribution in [3.05, 3.63) is 132 Å². The number of benzene rings is 4. The first kappa shape index (κ1) is 20.4. The van der Waals surface area contributed by atoms with Gasteiger partial charge in [0.15, 0.2) is 0 Å². The van der Waals surface area contributed by atoms with E-state index in [0.717, 1.165) is 33.6 Å². The van der Waals surface area contributed by atoms with Crippen LogP contribution in [0.1, 0.15) is 11.1 Å². The van der Waals surface area contributed by atoms with Crippen LogP contribution < -0.4 is 0 Å². The summed E-state index contributed by atoms with van der Waals surface area (Å²) in [6.45, 7) is 4.50. The van der Waals surface area contributed by atoms with Gasteiger partial charge in [0.25, 0.3) is 0 Å². The summed E-state index contributed by atoms with van der Waals surface area (Å²) in [5, 5.41) is 5.97. The Balaban J connectivity index is 1.54. The first-order valence-corrected chi connectivity index (χ1v) is 12.1. The monoisotopic (exact) mass is 454 g/mol. The summed E-state index contributed by atoms with van der Waals surface area (Å²) in [5.74, 6) is 0. The summed E-state index contributed by atoms with van der Waals surface area (Å²) in [6, 6.07) is 35.6. The van der Waals surface area contributed by atoms with Crippen molar-refractivity contribution >= 4 is 60.8 Å². The molecule has 6 rings (SSSR count). The van der Waals surface area contributed by atoms with Gasteiger partial charge in [0.05, 0.1) is 16.7 Å². The zero-order valence-electron chi connectivity index (χ0n) is 18.6. The lowest BCUT2D eigenvalue weighted by molar-refractivity contribution is 1.24. The van der Waals surface area contributed by atoms with E-state index < -0.39 is 0 Å².